The predicted molar refractivity (Wildman–Crippen MR) is 119 cm³/mol. The number of aromatic nitrogens is 2. The van der Waals surface area contributed by atoms with Gasteiger partial charge in [-0.05, 0) is 43.4 Å². The number of aliphatic carboxylic acids is 1. The van der Waals surface area contributed by atoms with E-state index in [4.69, 9.17) is 9.84 Å². The lowest BCUT2D eigenvalue weighted by Crippen LogP contribution is -2.36. The fourth-order valence-corrected chi connectivity index (χ4v) is 5.36. The van der Waals surface area contributed by atoms with Crippen molar-refractivity contribution in [1.82, 2.24) is 14.7 Å². The molecule has 1 N–H and O–H groups in total. The van der Waals surface area contributed by atoms with Crippen LogP contribution in [0.25, 0.3) is 0 Å². The molecule has 1 saturated heterocycles. The molecule has 176 valence electrons. The number of ether oxygens (including phenoxy) is 1. The second-order valence-electron chi connectivity index (χ2n) is 9.22. The number of benzene rings is 1. The predicted octanol–water partition coefficient (Wildman–Crippen LogP) is 3.30. The van der Waals surface area contributed by atoms with Gasteiger partial charge in [0.1, 0.15) is 5.82 Å². The van der Waals surface area contributed by atoms with Crippen LogP contribution in [0.3, 0.4) is 0 Å². The molecule has 0 bridgehead atoms. The summed E-state index contributed by atoms with van der Waals surface area (Å²) in [5.74, 6) is -1.24. The summed E-state index contributed by atoms with van der Waals surface area (Å²) in [5, 5.41) is 14.8. The Morgan fingerprint density at radius 2 is 1.94 bits per heavy atom. The van der Waals surface area contributed by atoms with Crippen molar-refractivity contribution in [1.29, 1.82) is 0 Å². The zero-order valence-electron chi connectivity index (χ0n) is 19.0. The maximum Gasteiger partial charge on any atom is 0.311 e. The quantitative estimate of drug-likeness (QED) is 0.763. The number of nitrogens with zero attached hydrogens (tertiary/aromatic N) is 4. The highest BCUT2D eigenvalue weighted by atomic mass is 19.1. The van der Waals surface area contributed by atoms with Crippen molar-refractivity contribution < 1.29 is 23.8 Å². The number of carboxylic acids is 1. The van der Waals surface area contributed by atoms with Crippen LogP contribution in [0.1, 0.15) is 60.5 Å². The van der Waals surface area contributed by atoms with E-state index < -0.39 is 11.9 Å². The lowest BCUT2D eigenvalue weighted by atomic mass is 9.88. The van der Waals surface area contributed by atoms with Crippen molar-refractivity contribution in [3.05, 3.63) is 40.3 Å². The molecule has 0 radical (unpaired) electrons. The Balaban J connectivity index is 1.64. The summed E-state index contributed by atoms with van der Waals surface area (Å²) in [6.07, 6.45) is 2.85. The fourth-order valence-electron chi connectivity index (χ4n) is 5.36. The summed E-state index contributed by atoms with van der Waals surface area (Å²) in [7, 11) is 0. The van der Waals surface area contributed by atoms with E-state index in [1.165, 1.54) is 6.07 Å². The first kappa shape index (κ1) is 21.9. The van der Waals surface area contributed by atoms with Gasteiger partial charge in [0.15, 0.2) is 5.82 Å². The second kappa shape index (κ2) is 8.44. The van der Waals surface area contributed by atoms with Gasteiger partial charge in [0.25, 0.3) is 0 Å². The van der Waals surface area contributed by atoms with Crippen molar-refractivity contribution in [3.8, 4) is 0 Å². The molecule has 33 heavy (non-hydrogen) atoms. The van der Waals surface area contributed by atoms with Gasteiger partial charge in [-0.25, -0.2) is 4.39 Å². The van der Waals surface area contributed by atoms with Crippen LogP contribution >= 0.6 is 0 Å². The van der Waals surface area contributed by atoms with Crippen molar-refractivity contribution in [3.63, 3.8) is 0 Å². The van der Waals surface area contributed by atoms with Crippen molar-refractivity contribution in [2.24, 2.45) is 0 Å². The molecule has 0 saturated carbocycles. The zero-order valence-corrected chi connectivity index (χ0v) is 19.0. The minimum Gasteiger partial charge on any atom is -0.481 e. The third-order valence-corrected chi connectivity index (χ3v) is 7.22. The third kappa shape index (κ3) is 3.78. The monoisotopic (exact) mass is 456 g/mol. The number of carbonyl (C=O) groups is 2. The van der Waals surface area contributed by atoms with E-state index in [9.17, 15) is 19.1 Å². The highest BCUT2D eigenvalue weighted by molar-refractivity contribution is 5.83. The zero-order chi connectivity index (χ0) is 23.3. The molecule has 9 heteroatoms. The summed E-state index contributed by atoms with van der Waals surface area (Å²) >= 11 is 0. The van der Waals surface area contributed by atoms with E-state index in [0.717, 1.165) is 24.1 Å². The van der Waals surface area contributed by atoms with Crippen LogP contribution in [-0.2, 0) is 27.3 Å². The van der Waals surface area contributed by atoms with Crippen LogP contribution < -0.4 is 4.90 Å². The molecule has 1 unspecified atom stereocenters. The van der Waals surface area contributed by atoms with Gasteiger partial charge in [-0.2, -0.15) is 5.10 Å². The van der Waals surface area contributed by atoms with Gasteiger partial charge in [0.05, 0.1) is 18.5 Å². The molecule has 8 nitrogen and oxygen atoms in total. The highest BCUT2D eigenvalue weighted by Gasteiger charge is 2.37. The Labute approximate surface area is 191 Å². The minimum absolute atomic E-state index is 0.0112. The minimum atomic E-state index is -0.903. The molecule has 0 aliphatic carbocycles. The number of rotatable bonds is 3. The largest absolute Gasteiger partial charge is 0.481 e. The molecule has 2 aromatic rings. The first-order valence-corrected chi connectivity index (χ1v) is 11.6. The average Bonchev–Trinajstić information content (AvgIpc) is 3.18. The van der Waals surface area contributed by atoms with Crippen molar-refractivity contribution in [2.45, 2.75) is 58.0 Å². The summed E-state index contributed by atoms with van der Waals surface area (Å²) in [4.78, 5) is 27.8. The molecular weight excluding hydrogens is 427 g/mol. The third-order valence-electron chi connectivity index (χ3n) is 7.22. The smallest absolute Gasteiger partial charge is 0.311 e. The van der Waals surface area contributed by atoms with Gasteiger partial charge >= 0.3 is 5.97 Å². The second-order valence-corrected chi connectivity index (χ2v) is 9.22. The number of carboxylic acid groups (broad SMARTS) is 1. The van der Waals surface area contributed by atoms with Gasteiger partial charge in [-0.3, -0.25) is 14.3 Å². The Kier molecular flexibility index (Phi) is 5.60. The van der Waals surface area contributed by atoms with Gasteiger partial charge in [-0.15, -0.1) is 0 Å². The molecule has 5 rings (SSSR count). The summed E-state index contributed by atoms with van der Waals surface area (Å²) in [6, 6.07) is 3.31. The van der Waals surface area contributed by atoms with E-state index in [0.29, 0.717) is 68.3 Å². The van der Waals surface area contributed by atoms with E-state index in [2.05, 4.69) is 4.68 Å². The van der Waals surface area contributed by atoms with Crippen LogP contribution in [0.2, 0.25) is 0 Å². The van der Waals surface area contributed by atoms with Crippen LogP contribution in [0.5, 0.6) is 0 Å². The van der Waals surface area contributed by atoms with E-state index >= 15 is 0 Å². The fraction of sp³-hybridized carbons (Fsp3) is 0.542. The van der Waals surface area contributed by atoms with Crippen LogP contribution in [0, 0.1) is 12.7 Å². The lowest BCUT2D eigenvalue weighted by molar-refractivity contribution is -0.139. The summed E-state index contributed by atoms with van der Waals surface area (Å²) in [6.45, 7) is 6.11. The number of anilines is 2. The molecule has 3 aliphatic heterocycles. The number of hydrogen-bond donors (Lipinski definition) is 1. The number of halogens is 1. The normalized spacial score (nSPS) is 21.0. The first-order valence-electron chi connectivity index (χ1n) is 11.6. The Hall–Kier alpha value is -2.94. The average molecular weight is 457 g/mol. The van der Waals surface area contributed by atoms with Crippen molar-refractivity contribution >= 4 is 23.4 Å². The molecule has 4 heterocycles. The van der Waals surface area contributed by atoms with Crippen molar-refractivity contribution in [2.75, 3.05) is 31.2 Å². The Bertz CT molecular complexity index is 1110. The Morgan fingerprint density at radius 3 is 2.64 bits per heavy atom. The van der Waals surface area contributed by atoms with Gasteiger partial charge in [0.2, 0.25) is 5.91 Å². The van der Waals surface area contributed by atoms with Gasteiger partial charge in [-0.1, -0.05) is 6.07 Å². The molecule has 1 aromatic carbocycles. The molecule has 1 aromatic heterocycles. The van der Waals surface area contributed by atoms with E-state index in [-0.39, 0.29) is 17.8 Å². The summed E-state index contributed by atoms with van der Waals surface area (Å²) < 4.78 is 22.3. The molecule has 3 aliphatic rings. The molecule has 1 fully saturated rings. The Morgan fingerprint density at radius 1 is 1.18 bits per heavy atom. The first-order chi connectivity index (χ1) is 15.8. The van der Waals surface area contributed by atoms with Crippen LogP contribution in [0.4, 0.5) is 15.9 Å². The number of carbonyl (C=O) groups excluding carboxylic acids is 1. The lowest BCUT2D eigenvalue weighted by Gasteiger charge is -2.35. The number of aryl methyl sites for hydroxylation is 1. The summed E-state index contributed by atoms with van der Waals surface area (Å²) in [5.41, 5.74) is 3.68. The van der Waals surface area contributed by atoms with Gasteiger partial charge in [0, 0.05) is 56.6 Å². The SMILES string of the molecule is CC(=O)N1CCc2c(c(N3CCC(C(=O)O)c4cc(C)c(F)cc43)nn2C2CCOCC2)C1. The standard InChI is InChI=1S/C24H29FN4O4/c1-14-11-18-17(24(31)32)3-8-28(22(18)12-20(14)25)23-19-13-27(15(2)30)7-4-21(19)29(26-23)16-5-9-33-10-6-16/h11-12,16-17H,3-10,13H2,1-2H3,(H,31,32). The molecule has 1 atom stereocenters. The molecule has 1 amide bonds. The topological polar surface area (TPSA) is 87.9 Å². The van der Waals surface area contributed by atoms with E-state index in [1.54, 1.807) is 19.9 Å². The highest BCUT2D eigenvalue weighted by Crippen LogP contribution is 2.43. The van der Waals surface area contributed by atoms with Gasteiger partial charge < -0.3 is 19.6 Å². The number of hydrogen-bond acceptors (Lipinski definition) is 5. The number of amides is 1. The number of fused-ring (bicyclic) bond motifs is 2. The van der Waals surface area contributed by atoms with Crippen LogP contribution in [-0.4, -0.2) is 58.0 Å². The molecule has 0 spiro atoms. The maximum atomic E-state index is 14.7. The molecular formula is C24H29FN4O4. The van der Waals surface area contributed by atoms with Crippen LogP contribution in [0.15, 0.2) is 12.1 Å². The van der Waals surface area contributed by atoms with E-state index in [1.807, 2.05) is 9.80 Å². The maximum absolute atomic E-state index is 14.7.